The van der Waals surface area contributed by atoms with Crippen LogP contribution in [-0.2, 0) is 4.74 Å². The van der Waals surface area contributed by atoms with Gasteiger partial charge >= 0.3 is 5.97 Å². The molecule has 21 heavy (non-hydrogen) atoms. The van der Waals surface area contributed by atoms with Crippen molar-refractivity contribution in [2.24, 2.45) is 0 Å². The molecule has 2 rings (SSSR count). The number of nitrogens with two attached hydrogens (primary N) is 1. The highest BCUT2D eigenvalue weighted by molar-refractivity contribution is 5.98. The minimum Gasteiger partial charge on any atom is -0.462 e. The molecule has 1 fully saturated rings. The van der Waals surface area contributed by atoms with Crippen LogP contribution in [0.5, 0.6) is 0 Å². The van der Waals surface area contributed by atoms with Gasteiger partial charge in [-0.15, -0.1) is 0 Å². The highest BCUT2D eigenvalue weighted by atomic mass is 16.5. The zero-order chi connectivity index (χ0) is 15.2. The molecule has 1 heterocycles. The summed E-state index contributed by atoms with van der Waals surface area (Å²) < 4.78 is 5.03. The minimum absolute atomic E-state index is 0.351. The molecular formula is C16H25N3O2. The van der Waals surface area contributed by atoms with E-state index < -0.39 is 0 Å². The molecule has 1 saturated heterocycles. The quantitative estimate of drug-likeness (QED) is 0.644. The maximum Gasteiger partial charge on any atom is 0.340 e. The Bertz CT molecular complexity index is 490. The predicted octanol–water partition coefficient (Wildman–Crippen LogP) is 2.34. The van der Waals surface area contributed by atoms with E-state index in [9.17, 15) is 4.79 Å². The lowest BCUT2D eigenvalue weighted by Gasteiger charge is -2.33. The molecule has 1 atom stereocenters. The number of benzene rings is 1. The monoisotopic (exact) mass is 291 g/mol. The van der Waals surface area contributed by atoms with E-state index in [1.165, 1.54) is 6.42 Å². The van der Waals surface area contributed by atoms with Crippen molar-refractivity contribution in [1.29, 1.82) is 0 Å². The number of hydrogen-bond donors (Lipinski definition) is 2. The van der Waals surface area contributed by atoms with Crippen LogP contribution in [0.2, 0.25) is 0 Å². The van der Waals surface area contributed by atoms with E-state index in [2.05, 4.69) is 17.1 Å². The number of piperidine rings is 1. The number of hydrogen-bond acceptors (Lipinski definition) is 5. The van der Waals surface area contributed by atoms with E-state index in [0.717, 1.165) is 31.7 Å². The van der Waals surface area contributed by atoms with Crippen LogP contribution >= 0.6 is 0 Å². The Hall–Kier alpha value is -1.75. The van der Waals surface area contributed by atoms with Gasteiger partial charge < -0.3 is 20.7 Å². The smallest absolute Gasteiger partial charge is 0.340 e. The Morgan fingerprint density at radius 3 is 3.00 bits per heavy atom. The molecule has 0 aliphatic carbocycles. The van der Waals surface area contributed by atoms with Gasteiger partial charge in [-0.25, -0.2) is 4.79 Å². The van der Waals surface area contributed by atoms with Crippen molar-refractivity contribution in [3.63, 3.8) is 0 Å². The van der Waals surface area contributed by atoms with E-state index >= 15 is 0 Å². The maximum atomic E-state index is 11.9. The first-order chi connectivity index (χ1) is 10.2. The third-order valence-electron chi connectivity index (χ3n) is 3.91. The second kappa shape index (κ2) is 7.31. The number of likely N-dealkylation sites (N-methyl/N-ethyl adjacent to an activating group) is 1. The number of nitrogen functional groups attached to an aromatic ring is 1. The standard InChI is InChI=1S/C16H25N3O2/c1-3-19-10-6-7-12(11-19)18-14-9-5-8-13(15(14)17)16(20)21-4-2/h5,8-9,12,18H,3-4,6-7,10-11,17H2,1-2H3. The molecule has 0 saturated carbocycles. The number of carbonyl (C=O) groups is 1. The van der Waals surface area contributed by atoms with Gasteiger partial charge in [-0.3, -0.25) is 0 Å². The highest BCUT2D eigenvalue weighted by Crippen LogP contribution is 2.25. The molecule has 0 aromatic heterocycles. The van der Waals surface area contributed by atoms with Gasteiger partial charge in [0.2, 0.25) is 0 Å². The predicted molar refractivity (Wildman–Crippen MR) is 85.6 cm³/mol. The average molecular weight is 291 g/mol. The summed E-state index contributed by atoms with van der Waals surface area (Å²) in [4.78, 5) is 14.3. The van der Waals surface area contributed by atoms with E-state index in [1.807, 2.05) is 12.1 Å². The zero-order valence-electron chi connectivity index (χ0n) is 12.9. The number of nitrogens with one attached hydrogen (secondary N) is 1. The first-order valence-electron chi connectivity index (χ1n) is 7.70. The SMILES string of the molecule is CCOC(=O)c1cccc(NC2CCCN(CC)C2)c1N. The Labute approximate surface area is 126 Å². The van der Waals surface area contributed by atoms with Gasteiger partial charge in [0.1, 0.15) is 0 Å². The van der Waals surface area contributed by atoms with Crippen LogP contribution in [0.4, 0.5) is 11.4 Å². The Morgan fingerprint density at radius 2 is 2.29 bits per heavy atom. The molecule has 5 heteroatoms. The van der Waals surface area contributed by atoms with Crippen LogP contribution in [0.1, 0.15) is 37.0 Å². The van der Waals surface area contributed by atoms with E-state index in [-0.39, 0.29) is 5.97 Å². The summed E-state index contributed by atoms with van der Waals surface area (Å²) in [7, 11) is 0. The van der Waals surface area contributed by atoms with Crippen molar-refractivity contribution in [2.45, 2.75) is 32.7 Å². The van der Waals surface area contributed by atoms with Crippen LogP contribution < -0.4 is 11.1 Å². The molecule has 1 aromatic carbocycles. The number of anilines is 2. The van der Waals surface area contributed by atoms with Gasteiger partial charge in [0, 0.05) is 12.6 Å². The summed E-state index contributed by atoms with van der Waals surface area (Å²) in [6.45, 7) is 7.56. The molecule has 1 unspecified atom stereocenters. The first-order valence-corrected chi connectivity index (χ1v) is 7.70. The van der Waals surface area contributed by atoms with Crippen molar-refractivity contribution in [3.8, 4) is 0 Å². The zero-order valence-corrected chi connectivity index (χ0v) is 12.9. The van der Waals surface area contributed by atoms with Gasteiger partial charge in [0.05, 0.1) is 23.5 Å². The topological polar surface area (TPSA) is 67.6 Å². The molecule has 116 valence electrons. The highest BCUT2D eigenvalue weighted by Gasteiger charge is 2.20. The van der Waals surface area contributed by atoms with Crippen LogP contribution in [0.25, 0.3) is 0 Å². The molecule has 3 N–H and O–H groups in total. The molecule has 0 bridgehead atoms. The molecule has 1 aliphatic heterocycles. The lowest BCUT2D eigenvalue weighted by atomic mass is 10.0. The fourth-order valence-corrected chi connectivity index (χ4v) is 2.76. The van der Waals surface area contributed by atoms with E-state index in [4.69, 9.17) is 10.5 Å². The summed E-state index contributed by atoms with van der Waals surface area (Å²) in [6.07, 6.45) is 2.31. The normalized spacial score (nSPS) is 19.2. The van der Waals surface area contributed by atoms with Crippen LogP contribution in [0, 0.1) is 0 Å². The molecule has 0 spiro atoms. The van der Waals surface area contributed by atoms with Crippen molar-refractivity contribution in [1.82, 2.24) is 4.90 Å². The number of para-hydroxylation sites is 1. The van der Waals surface area contributed by atoms with Crippen LogP contribution in [0.3, 0.4) is 0 Å². The van der Waals surface area contributed by atoms with Gasteiger partial charge in [-0.05, 0) is 45.0 Å². The summed E-state index contributed by atoms with van der Waals surface area (Å²) in [5.41, 5.74) is 7.86. The van der Waals surface area contributed by atoms with Gasteiger partial charge in [0.15, 0.2) is 0 Å². The second-order valence-corrected chi connectivity index (χ2v) is 5.36. The van der Waals surface area contributed by atoms with Crippen molar-refractivity contribution in [2.75, 3.05) is 37.3 Å². The number of rotatable bonds is 5. The Kier molecular flexibility index (Phi) is 5.44. The molecule has 1 aromatic rings. The lowest BCUT2D eigenvalue weighted by Crippen LogP contribution is -2.41. The largest absolute Gasteiger partial charge is 0.462 e. The third-order valence-corrected chi connectivity index (χ3v) is 3.91. The van der Waals surface area contributed by atoms with Crippen molar-refractivity contribution < 1.29 is 9.53 Å². The second-order valence-electron chi connectivity index (χ2n) is 5.36. The number of nitrogens with zero attached hydrogens (tertiary/aromatic N) is 1. The molecule has 0 radical (unpaired) electrons. The third kappa shape index (κ3) is 3.88. The molecule has 5 nitrogen and oxygen atoms in total. The van der Waals surface area contributed by atoms with Crippen molar-refractivity contribution >= 4 is 17.3 Å². The van der Waals surface area contributed by atoms with Gasteiger partial charge in [0.25, 0.3) is 0 Å². The van der Waals surface area contributed by atoms with E-state index in [0.29, 0.717) is 23.9 Å². The van der Waals surface area contributed by atoms with Gasteiger partial charge in [-0.1, -0.05) is 13.0 Å². The maximum absolute atomic E-state index is 11.9. The fourth-order valence-electron chi connectivity index (χ4n) is 2.76. The number of likely N-dealkylation sites (tertiary alicyclic amines) is 1. The van der Waals surface area contributed by atoms with Gasteiger partial charge in [-0.2, -0.15) is 0 Å². The Morgan fingerprint density at radius 1 is 1.48 bits per heavy atom. The number of ether oxygens (including phenoxy) is 1. The first kappa shape index (κ1) is 15.6. The fraction of sp³-hybridized carbons (Fsp3) is 0.562. The molecule has 0 amide bonds. The van der Waals surface area contributed by atoms with Crippen LogP contribution in [0.15, 0.2) is 18.2 Å². The van der Waals surface area contributed by atoms with Crippen LogP contribution in [-0.4, -0.2) is 43.2 Å². The number of carbonyl (C=O) groups excluding carboxylic acids is 1. The summed E-state index contributed by atoms with van der Waals surface area (Å²) >= 11 is 0. The molecule has 1 aliphatic rings. The van der Waals surface area contributed by atoms with E-state index in [1.54, 1.807) is 13.0 Å². The molecular weight excluding hydrogens is 266 g/mol. The minimum atomic E-state index is -0.363. The average Bonchev–Trinajstić information content (AvgIpc) is 2.50. The Balaban J connectivity index is 2.09. The number of esters is 1. The lowest BCUT2D eigenvalue weighted by molar-refractivity contribution is 0.0527. The summed E-state index contributed by atoms with van der Waals surface area (Å²) in [5.74, 6) is -0.363. The van der Waals surface area contributed by atoms with Crippen molar-refractivity contribution in [3.05, 3.63) is 23.8 Å². The summed E-state index contributed by atoms with van der Waals surface area (Å²) in [5, 5.41) is 3.48. The summed E-state index contributed by atoms with van der Waals surface area (Å²) in [6, 6.07) is 5.84.